The van der Waals surface area contributed by atoms with Crippen molar-refractivity contribution in [1.82, 2.24) is 19.7 Å². The van der Waals surface area contributed by atoms with Crippen LogP contribution in [0.4, 0.5) is 0 Å². The summed E-state index contributed by atoms with van der Waals surface area (Å²) in [7, 11) is 0. The van der Waals surface area contributed by atoms with Crippen LogP contribution in [0.1, 0.15) is 28.9 Å². The topological polar surface area (TPSA) is 60.7 Å². The molecular formula is C15H12N4O. The van der Waals surface area contributed by atoms with E-state index in [1.54, 1.807) is 17.1 Å². The number of rotatable bonds is 1. The van der Waals surface area contributed by atoms with Gasteiger partial charge in [-0.3, -0.25) is 9.78 Å². The van der Waals surface area contributed by atoms with Crippen LogP contribution in [0.25, 0.3) is 16.9 Å². The number of hydrogen-bond acceptors (Lipinski definition) is 4. The Balaban J connectivity index is 1.89. The number of carbonyl (C=O) groups is 1. The molecule has 5 heteroatoms. The number of Topliss-reactive ketones (excluding diaryl/α,β-unsaturated/α-hetero) is 1. The van der Waals surface area contributed by atoms with E-state index in [1.807, 2.05) is 24.3 Å². The number of benzene rings is 1. The lowest BCUT2D eigenvalue weighted by atomic mass is 9.97. The second-order valence-electron chi connectivity index (χ2n) is 4.91. The van der Waals surface area contributed by atoms with E-state index in [-0.39, 0.29) is 5.78 Å². The summed E-state index contributed by atoms with van der Waals surface area (Å²) >= 11 is 0. The zero-order valence-corrected chi connectivity index (χ0v) is 10.8. The third-order valence-electron chi connectivity index (χ3n) is 3.64. The van der Waals surface area contributed by atoms with Gasteiger partial charge in [-0.15, -0.1) is 0 Å². The smallest absolute Gasteiger partial charge is 0.172 e. The molecule has 1 aliphatic carbocycles. The molecule has 2 heterocycles. The molecule has 0 saturated carbocycles. The van der Waals surface area contributed by atoms with Crippen molar-refractivity contribution in [2.75, 3.05) is 0 Å². The highest BCUT2D eigenvalue weighted by atomic mass is 16.1. The molecule has 5 nitrogen and oxygen atoms in total. The number of ketones is 1. The van der Waals surface area contributed by atoms with Gasteiger partial charge in [0.05, 0.1) is 34.7 Å². The molecule has 3 aromatic rings. The Labute approximate surface area is 115 Å². The molecule has 4 rings (SSSR count). The van der Waals surface area contributed by atoms with E-state index in [0.717, 1.165) is 35.1 Å². The minimum atomic E-state index is 0.172. The van der Waals surface area contributed by atoms with Crippen LogP contribution in [0.3, 0.4) is 0 Å². The molecule has 1 aliphatic rings. The zero-order valence-electron chi connectivity index (χ0n) is 10.8. The zero-order chi connectivity index (χ0) is 13.5. The molecule has 0 spiro atoms. The summed E-state index contributed by atoms with van der Waals surface area (Å²) in [6, 6.07) is 7.72. The molecule has 0 atom stereocenters. The molecule has 1 aromatic carbocycles. The van der Waals surface area contributed by atoms with Gasteiger partial charge in [0, 0.05) is 6.42 Å². The van der Waals surface area contributed by atoms with Crippen molar-refractivity contribution >= 4 is 16.8 Å². The molecule has 98 valence electrons. The second kappa shape index (κ2) is 4.23. The maximum absolute atomic E-state index is 11.9. The van der Waals surface area contributed by atoms with Gasteiger partial charge in [-0.05, 0) is 25.0 Å². The Morgan fingerprint density at radius 2 is 1.90 bits per heavy atom. The number of carbonyl (C=O) groups excluding carboxylic acids is 1. The molecule has 0 radical (unpaired) electrons. The third kappa shape index (κ3) is 1.63. The third-order valence-corrected chi connectivity index (χ3v) is 3.64. The molecule has 0 saturated heterocycles. The number of hydrogen-bond donors (Lipinski definition) is 0. The van der Waals surface area contributed by atoms with E-state index >= 15 is 0 Å². The van der Waals surface area contributed by atoms with Crippen LogP contribution >= 0.6 is 0 Å². The first-order valence-electron chi connectivity index (χ1n) is 6.65. The highest BCUT2D eigenvalue weighted by Crippen LogP contribution is 2.23. The van der Waals surface area contributed by atoms with Crippen LogP contribution in [-0.4, -0.2) is 25.5 Å². The number of para-hydroxylation sites is 2. The number of fused-ring (bicyclic) bond motifs is 2. The van der Waals surface area contributed by atoms with Gasteiger partial charge in [-0.2, -0.15) is 5.10 Å². The summed E-state index contributed by atoms with van der Waals surface area (Å²) in [4.78, 5) is 20.8. The predicted octanol–water partition coefficient (Wildman–Crippen LogP) is 2.33. The van der Waals surface area contributed by atoms with Crippen molar-refractivity contribution in [3.63, 3.8) is 0 Å². The normalized spacial score (nSPS) is 14.5. The predicted molar refractivity (Wildman–Crippen MR) is 73.9 cm³/mol. The minimum absolute atomic E-state index is 0.172. The summed E-state index contributed by atoms with van der Waals surface area (Å²) in [5.41, 5.74) is 3.36. The Morgan fingerprint density at radius 1 is 1.05 bits per heavy atom. The highest BCUT2D eigenvalue weighted by Gasteiger charge is 2.22. The van der Waals surface area contributed by atoms with E-state index in [2.05, 4.69) is 15.1 Å². The summed E-state index contributed by atoms with van der Waals surface area (Å²) in [5, 5.41) is 4.32. The van der Waals surface area contributed by atoms with Gasteiger partial charge in [-0.25, -0.2) is 9.67 Å². The Hall–Kier alpha value is -2.56. The van der Waals surface area contributed by atoms with Gasteiger partial charge in [-0.1, -0.05) is 12.1 Å². The number of aromatic nitrogens is 4. The molecular weight excluding hydrogens is 252 g/mol. The van der Waals surface area contributed by atoms with Crippen LogP contribution in [0.5, 0.6) is 0 Å². The molecule has 0 N–H and O–H groups in total. The average molecular weight is 264 g/mol. The van der Waals surface area contributed by atoms with Crippen molar-refractivity contribution in [2.24, 2.45) is 0 Å². The van der Waals surface area contributed by atoms with Crippen molar-refractivity contribution in [1.29, 1.82) is 0 Å². The van der Waals surface area contributed by atoms with Gasteiger partial charge >= 0.3 is 0 Å². The summed E-state index contributed by atoms with van der Waals surface area (Å²) < 4.78 is 1.74. The first kappa shape index (κ1) is 11.3. The van der Waals surface area contributed by atoms with Gasteiger partial charge in [0.15, 0.2) is 11.6 Å². The van der Waals surface area contributed by atoms with Crippen LogP contribution in [0.2, 0.25) is 0 Å². The molecule has 0 aliphatic heterocycles. The summed E-state index contributed by atoms with van der Waals surface area (Å²) in [5.74, 6) is 0.839. The van der Waals surface area contributed by atoms with Crippen molar-refractivity contribution < 1.29 is 4.79 Å². The van der Waals surface area contributed by atoms with Crippen LogP contribution in [-0.2, 0) is 6.42 Å². The quantitative estimate of drug-likeness (QED) is 0.676. The van der Waals surface area contributed by atoms with Crippen LogP contribution in [0, 0.1) is 0 Å². The monoisotopic (exact) mass is 264 g/mol. The average Bonchev–Trinajstić information content (AvgIpc) is 2.92. The van der Waals surface area contributed by atoms with E-state index in [4.69, 9.17) is 0 Å². The lowest BCUT2D eigenvalue weighted by Gasteiger charge is -2.12. The van der Waals surface area contributed by atoms with E-state index < -0.39 is 0 Å². The molecule has 20 heavy (non-hydrogen) atoms. The van der Waals surface area contributed by atoms with E-state index in [1.165, 1.54) is 0 Å². The lowest BCUT2D eigenvalue weighted by Crippen LogP contribution is -2.13. The molecule has 0 bridgehead atoms. The van der Waals surface area contributed by atoms with Crippen molar-refractivity contribution in [2.45, 2.75) is 19.3 Å². The Morgan fingerprint density at radius 3 is 2.80 bits per heavy atom. The largest absolute Gasteiger partial charge is 0.294 e. The fourth-order valence-electron chi connectivity index (χ4n) is 2.65. The molecule has 0 unspecified atom stereocenters. The highest BCUT2D eigenvalue weighted by molar-refractivity contribution is 5.98. The SMILES string of the molecule is O=C1CCCc2c1cnn2-c1cnc2ccccc2n1. The van der Waals surface area contributed by atoms with Gasteiger partial charge in [0.1, 0.15) is 0 Å². The van der Waals surface area contributed by atoms with Crippen molar-refractivity contribution in [3.05, 3.63) is 47.9 Å². The molecule has 2 aromatic heterocycles. The maximum atomic E-state index is 11.9. The van der Waals surface area contributed by atoms with E-state index in [0.29, 0.717) is 12.2 Å². The van der Waals surface area contributed by atoms with E-state index in [9.17, 15) is 4.79 Å². The fourth-order valence-corrected chi connectivity index (χ4v) is 2.65. The van der Waals surface area contributed by atoms with Crippen LogP contribution in [0.15, 0.2) is 36.7 Å². The standard InChI is InChI=1S/C15H12N4O/c20-14-7-3-6-13-10(14)8-17-19(13)15-9-16-11-4-1-2-5-12(11)18-15/h1-2,4-5,8-9H,3,6-7H2. The number of nitrogens with zero attached hydrogens (tertiary/aromatic N) is 4. The summed E-state index contributed by atoms with van der Waals surface area (Å²) in [6.45, 7) is 0. The summed E-state index contributed by atoms with van der Waals surface area (Å²) in [6.07, 6.45) is 5.69. The lowest BCUT2D eigenvalue weighted by molar-refractivity contribution is 0.0972. The Bertz CT molecular complexity index is 822. The maximum Gasteiger partial charge on any atom is 0.172 e. The first-order valence-corrected chi connectivity index (χ1v) is 6.65. The second-order valence-corrected chi connectivity index (χ2v) is 4.91. The van der Waals surface area contributed by atoms with Crippen LogP contribution < -0.4 is 0 Å². The van der Waals surface area contributed by atoms with Gasteiger partial charge in [0.25, 0.3) is 0 Å². The van der Waals surface area contributed by atoms with Gasteiger partial charge in [0.2, 0.25) is 0 Å². The molecule has 0 amide bonds. The molecule has 0 fully saturated rings. The van der Waals surface area contributed by atoms with Gasteiger partial charge < -0.3 is 0 Å². The first-order chi connectivity index (χ1) is 9.83. The minimum Gasteiger partial charge on any atom is -0.294 e. The van der Waals surface area contributed by atoms with Crippen molar-refractivity contribution in [3.8, 4) is 5.82 Å². The fraction of sp³-hybridized carbons (Fsp3) is 0.200. The Kier molecular flexibility index (Phi) is 2.39.